The molecule has 0 aliphatic rings. The van der Waals surface area contributed by atoms with Crippen LogP contribution in [0.5, 0.6) is 0 Å². The second kappa shape index (κ2) is 9.03. The van der Waals surface area contributed by atoms with E-state index < -0.39 is 5.97 Å². The zero-order valence-corrected chi connectivity index (χ0v) is 17.3. The first-order valence-electron chi connectivity index (χ1n) is 8.58. The summed E-state index contributed by atoms with van der Waals surface area (Å²) in [5.41, 5.74) is 2.29. The van der Waals surface area contributed by atoms with E-state index in [1.807, 2.05) is 41.2 Å². The van der Waals surface area contributed by atoms with Gasteiger partial charge in [0, 0.05) is 11.4 Å². The molecule has 5 nitrogen and oxygen atoms in total. The quantitative estimate of drug-likeness (QED) is 0.348. The third-order valence-corrected chi connectivity index (χ3v) is 5.93. The molecule has 0 bridgehead atoms. The van der Waals surface area contributed by atoms with E-state index in [9.17, 15) is 9.59 Å². The number of hydrogen-bond acceptors (Lipinski definition) is 5. The van der Waals surface area contributed by atoms with Gasteiger partial charge in [-0.1, -0.05) is 29.5 Å². The molecule has 3 aromatic rings. The van der Waals surface area contributed by atoms with Gasteiger partial charge in [0.2, 0.25) is 0 Å². The van der Waals surface area contributed by atoms with Gasteiger partial charge in [-0.15, -0.1) is 18.3 Å². The maximum atomic E-state index is 12.5. The summed E-state index contributed by atoms with van der Waals surface area (Å²) < 4.78 is 7.56. The first-order valence-corrected chi connectivity index (χ1v) is 10.6. The zero-order valence-electron chi connectivity index (χ0n) is 15.7. The number of rotatable bonds is 6. The first kappa shape index (κ1) is 20.1. The molecule has 0 saturated heterocycles. The van der Waals surface area contributed by atoms with Gasteiger partial charge in [0.05, 0.1) is 29.3 Å². The number of fused-ring (bicyclic) bond motifs is 1. The summed E-state index contributed by atoms with van der Waals surface area (Å²) in [5.74, 6) is -0.608. The fraction of sp³-hybridized carbons (Fsp3) is 0.190. The Balaban J connectivity index is 1.96. The van der Waals surface area contributed by atoms with Crippen LogP contribution >= 0.6 is 23.1 Å². The number of carbonyl (C=O) groups excluding carboxylic acids is 2. The van der Waals surface area contributed by atoms with Crippen LogP contribution in [0.1, 0.15) is 15.9 Å². The minimum absolute atomic E-state index is 0.213. The summed E-state index contributed by atoms with van der Waals surface area (Å²) in [5, 5.41) is 0. The van der Waals surface area contributed by atoms with Gasteiger partial charge in [-0.2, -0.15) is 4.99 Å². The van der Waals surface area contributed by atoms with Crippen molar-refractivity contribution in [3.05, 3.63) is 71.0 Å². The average molecular weight is 413 g/mol. The minimum atomic E-state index is -0.395. The second-order valence-corrected chi connectivity index (χ2v) is 7.88. The van der Waals surface area contributed by atoms with Gasteiger partial charge < -0.3 is 9.30 Å². The van der Waals surface area contributed by atoms with Gasteiger partial charge in [0.1, 0.15) is 0 Å². The molecule has 0 N–H and O–H groups in total. The molecule has 0 atom stereocenters. The number of esters is 1. The van der Waals surface area contributed by atoms with Gasteiger partial charge in [-0.25, -0.2) is 4.79 Å². The Morgan fingerprint density at radius 3 is 2.64 bits per heavy atom. The van der Waals surface area contributed by atoms with Crippen LogP contribution in [0.2, 0.25) is 0 Å². The molecular weight excluding hydrogens is 392 g/mol. The van der Waals surface area contributed by atoms with Crippen molar-refractivity contribution >= 4 is 45.2 Å². The van der Waals surface area contributed by atoms with Crippen molar-refractivity contribution in [1.29, 1.82) is 0 Å². The fourth-order valence-corrected chi connectivity index (χ4v) is 4.28. The molecule has 144 valence electrons. The fourth-order valence-electron chi connectivity index (χ4n) is 2.77. The molecule has 0 aliphatic carbocycles. The Morgan fingerprint density at radius 1 is 1.25 bits per heavy atom. The molecule has 2 aromatic carbocycles. The lowest BCUT2D eigenvalue weighted by molar-refractivity contribution is -0.117. The summed E-state index contributed by atoms with van der Waals surface area (Å²) in [6.45, 7) is 4.31. The number of methoxy groups -OCH3 is 1. The van der Waals surface area contributed by atoms with Crippen LogP contribution in [0.25, 0.3) is 10.2 Å². The summed E-state index contributed by atoms with van der Waals surface area (Å²) in [4.78, 5) is 30.4. The monoisotopic (exact) mass is 412 g/mol. The van der Waals surface area contributed by atoms with E-state index in [4.69, 9.17) is 4.74 Å². The molecule has 1 aromatic heterocycles. The van der Waals surface area contributed by atoms with E-state index in [2.05, 4.69) is 11.6 Å². The Bertz CT molecular complexity index is 1100. The number of ether oxygens (including phenoxy) is 1. The molecule has 0 aliphatic heterocycles. The summed E-state index contributed by atoms with van der Waals surface area (Å²) in [6, 6.07) is 13.2. The normalized spacial score (nSPS) is 11.6. The Kier molecular flexibility index (Phi) is 6.49. The molecule has 0 fully saturated rings. The molecule has 0 unspecified atom stereocenters. The zero-order chi connectivity index (χ0) is 20.1. The third kappa shape index (κ3) is 4.43. The average Bonchev–Trinajstić information content (AvgIpc) is 3.04. The van der Waals surface area contributed by atoms with Crippen molar-refractivity contribution < 1.29 is 14.3 Å². The SMILES string of the molecule is C=CCn1c(=NC(=O)Cc2ccc(SC)cc2)sc2cc(C(=O)OC)ccc21. The van der Waals surface area contributed by atoms with E-state index in [-0.39, 0.29) is 12.3 Å². The molecule has 7 heteroatoms. The van der Waals surface area contributed by atoms with Crippen LogP contribution in [-0.2, 0) is 22.5 Å². The van der Waals surface area contributed by atoms with E-state index in [0.29, 0.717) is 16.9 Å². The number of benzene rings is 2. The maximum absolute atomic E-state index is 12.5. The summed E-state index contributed by atoms with van der Waals surface area (Å²) >= 11 is 3.03. The predicted molar refractivity (Wildman–Crippen MR) is 114 cm³/mol. The van der Waals surface area contributed by atoms with E-state index in [1.165, 1.54) is 18.4 Å². The van der Waals surface area contributed by atoms with Crippen molar-refractivity contribution in [1.82, 2.24) is 4.57 Å². The number of thiazole rings is 1. The van der Waals surface area contributed by atoms with Crippen molar-refractivity contribution in [2.45, 2.75) is 17.9 Å². The number of thioether (sulfide) groups is 1. The number of hydrogen-bond donors (Lipinski definition) is 0. The molecule has 0 spiro atoms. The number of aromatic nitrogens is 1. The third-order valence-electron chi connectivity index (χ3n) is 4.15. The molecular formula is C21H20N2O3S2. The highest BCUT2D eigenvalue weighted by molar-refractivity contribution is 7.98. The van der Waals surface area contributed by atoms with Gasteiger partial charge in [-0.3, -0.25) is 4.79 Å². The largest absolute Gasteiger partial charge is 0.465 e. The minimum Gasteiger partial charge on any atom is -0.465 e. The van der Waals surface area contributed by atoms with Crippen LogP contribution in [0, 0.1) is 0 Å². The molecule has 0 saturated carbocycles. The topological polar surface area (TPSA) is 60.7 Å². The van der Waals surface area contributed by atoms with Crippen LogP contribution in [-0.4, -0.2) is 29.8 Å². The predicted octanol–water partition coefficient (Wildman–Crippen LogP) is 4.07. The molecule has 28 heavy (non-hydrogen) atoms. The van der Waals surface area contributed by atoms with E-state index in [0.717, 1.165) is 20.7 Å². The van der Waals surface area contributed by atoms with Crippen LogP contribution in [0.15, 0.2) is 65.0 Å². The molecule has 1 heterocycles. The lowest BCUT2D eigenvalue weighted by Gasteiger charge is -2.02. The smallest absolute Gasteiger partial charge is 0.337 e. The van der Waals surface area contributed by atoms with E-state index >= 15 is 0 Å². The number of carbonyl (C=O) groups is 2. The molecule has 3 rings (SSSR count). The molecule has 1 amide bonds. The summed E-state index contributed by atoms with van der Waals surface area (Å²) in [7, 11) is 1.35. The maximum Gasteiger partial charge on any atom is 0.337 e. The second-order valence-electron chi connectivity index (χ2n) is 5.99. The summed E-state index contributed by atoms with van der Waals surface area (Å²) in [6.07, 6.45) is 4.01. The standard InChI is InChI=1S/C21H20N2O3S2/c1-4-11-23-17-10-7-15(20(25)26-2)13-18(17)28-21(23)22-19(24)12-14-5-8-16(27-3)9-6-14/h4-10,13H,1,11-12H2,2-3H3. The Morgan fingerprint density at radius 2 is 2.00 bits per heavy atom. The van der Waals surface area contributed by atoms with Gasteiger partial charge in [0.25, 0.3) is 5.91 Å². The van der Waals surface area contributed by atoms with Crippen molar-refractivity contribution in [3.8, 4) is 0 Å². The Labute approximate surface area is 171 Å². The van der Waals surface area contributed by atoms with Crippen molar-refractivity contribution in [3.63, 3.8) is 0 Å². The highest BCUT2D eigenvalue weighted by Gasteiger charge is 2.12. The van der Waals surface area contributed by atoms with Crippen molar-refractivity contribution in [2.75, 3.05) is 13.4 Å². The lowest BCUT2D eigenvalue weighted by Crippen LogP contribution is -2.16. The number of allylic oxidation sites excluding steroid dienone is 1. The number of amides is 1. The first-order chi connectivity index (χ1) is 13.5. The molecule has 0 radical (unpaired) electrons. The lowest BCUT2D eigenvalue weighted by atomic mass is 10.1. The van der Waals surface area contributed by atoms with Crippen molar-refractivity contribution in [2.24, 2.45) is 4.99 Å². The van der Waals surface area contributed by atoms with Crippen LogP contribution in [0.4, 0.5) is 0 Å². The van der Waals surface area contributed by atoms with Gasteiger partial charge in [-0.05, 0) is 42.2 Å². The van der Waals surface area contributed by atoms with Gasteiger partial charge in [0.15, 0.2) is 4.80 Å². The van der Waals surface area contributed by atoms with Crippen LogP contribution in [0.3, 0.4) is 0 Å². The van der Waals surface area contributed by atoms with Crippen LogP contribution < -0.4 is 4.80 Å². The van der Waals surface area contributed by atoms with Gasteiger partial charge >= 0.3 is 5.97 Å². The van der Waals surface area contributed by atoms with E-state index in [1.54, 1.807) is 30.0 Å². The Hall–Kier alpha value is -2.64. The highest BCUT2D eigenvalue weighted by Crippen LogP contribution is 2.20. The highest BCUT2D eigenvalue weighted by atomic mass is 32.2. The number of nitrogens with zero attached hydrogens (tertiary/aromatic N) is 2.